The zero-order chi connectivity index (χ0) is 16.2. The summed E-state index contributed by atoms with van der Waals surface area (Å²) in [5.74, 6) is 0.604. The molecule has 7 heteroatoms. The van der Waals surface area contributed by atoms with Crippen LogP contribution in [0.1, 0.15) is 36.2 Å². The van der Waals surface area contributed by atoms with E-state index in [2.05, 4.69) is 4.98 Å². The van der Waals surface area contributed by atoms with Gasteiger partial charge in [0.25, 0.3) is 5.91 Å². The summed E-state index contributed by atoms with van der Waals surface area (Å²) < 4.78 is 5.16. The number of carbonyl (C=O) groups is 2. The monoisotopic (exact) mass is 337 g/mol. The van der Waals surface area contributed by atoms with Gasteiger partial charge >= 0.3 is 0 Å². The van der Waals surface area contributed by atoms with Crippen molar-refractivity contribution in [1.29, 1.82) is 0 Å². The van der Waals surface area contributed by atoms with Crippen molar-refractivity contribution in [2.75, 3.05) is 33.4 Å². The van der Waals surface area contributed by atoms with Crippen molar-refractivity contribution < 1.29 is 14.3 Å². The summed E-state index contributed by atoms with van der Waals surface area (Å²) >= 11 is 1.44. The van der Waals surface area contributed by atoms with Crippen LogP contribution in [-0.2, 0) is 9.53 Å². The van der Waals surface area contributed by atoms with Crippen LogP contribution in [0.5, 0.6) is 0 Å². The summed E-state index contributed by atoms with van der Waals surface area (Å²) in [4.78, 5) is 32.9. The SMILES string of the molecule is COCCN1C(=O)CCC[C@H]2CN(C(=O)c3cscn3)CC[C@H]21. The summed E-state index contributed by atoms with van der Waals surface area (Å²) in [7, 11) is 1.66. The lowest BCUT2D eigenvalue weighted by molar-refractivity contribution is -0.135. The number of rotatable bonds is 4. The fraction of sp³-hybridized carbons (Fsp3) is 0.688. The van der Waals surface area contributed by atoms with Gasteiger partial charge in [0.15, 0.2) is 0 Å². The predicted octanol–water partition coefficient (Wildman–Crippen LogP) is 1.63. The van der Waals surface area contributed by atoms with Crippen LogP contribution in [-0.4, -0.2) is 66.0 Å². The first kappa shape index (κ1) is 16.4. The average Bonchev–Trinajstić information content (AvgIpc) is 3.04. The molecule has 0 N–H and O–H groups in total. The molecule has 2 amide bonds. The number of amides is 2. The molecule has 0 aromatic carbocycles. The molecule has 0 radical (unpaired) electrons. The van der Waals surface area contributed by atoms with Gasteiger partial charge in [0.05, 0.1) is 12.1 Å². The second kappa shape index (κ2) is 7.40. The lowest BCUT2D eigenvalue weighted by Crippen LogP contribution is -2.53. The Balaban J connectivity index is 1.70. The highest BCUT2D eigenvalue weighted by molar-refractivity contribution is 7.07. The van der Waals surface area contributed by atoms with Crippen molar-refractivity contribution in [2.24, 2.45) is 5.92 Å². The zero-order valence-electron chi connectivity index (χ0n) is 13.4. The van der Waals surface area contributed by atoms with E-state index < -0.39 is 0 Å². The van der Waals surface area contributed by atoms with Gasteiger partial charge in [-0.3, -0.25) is 9.59 Å². The Morgan fingerprint density at radius 2 is 2.35 bits per heavy atom. The van der Waals surface area contributed by atoms with E-state index in [0.717, 1.165) is 25.8 Å². The maximum absolute atomic E-state index is 12.5. The maximum atomic E-state index is 12.5. The lowest BCUT2D eigenvalue weighted by Gasteiger charge is -2.42. The van der Waals surface area contributed by atoms with E-state index >= 15 is 0 Å². The van der Waals surface area contributed by atoms with Crippen molar-refractivity contribution in [1.82, 2.24) is 14.8 Å². The summed E-state index contributed by atoms with van der Waals surface area (Å²) in [6.07, 6.45) is 3.36. The highest BCUT2D eigenvalue weighted by Gasteiger charge is 2.38. The van der Waals surface area contributed by atoms with E-state index in [1.54, 1.807) is 18.0 Å². The molecule has 0 aliphatic carbocycles. The number of hydrogen-bond donors (Lipinski definition) is 0. The first-order valence-corrected chi connectivity index (χ1v) is 9.11. The molecule has 126 valence electrons. The Kier molecular flexibility index (Phi) is 5.27. The Morgan fingerprint density at radius 1 is 1.48 bits per heavy atom. The minimum absolute atomic E-state index is 0.0173. The van der Waals surface area contributed by atoms with Crippen LogP contribution in [0, 0.1) is 5.92 Å². The molecule has 2 fully saturated rings. The largest absolute Gasteiger partial charge is 0.383 e. The Hall–Kier alpha value is -1.47. The van der Waals surface area contributed by atoms with Crippen LogP contribution < -0.4 is 0 Å². The van der Waals surface area contributed by atoms with E-state index in [1.807, 2.05) is 9.80 Å². The summed E-state index contributed by atoms with van der Waals surface area (Å²) in [5.41, 5.74) is 2.23. The van der Waals surface area contributed by atoms with Crippen LogP contribution >= 0.6 is 11.3 Å². The Bertz CT molecular complexity index is 549. The molecule has 2 atom stereocenters. The molecule has 23 heavy (non-hydrogen) atoms. The van der Waals surface area contributed by atoms with Gasteiger partial charge in [-0.25, -0.2) is 4.98 Å². The molecule has 0 spiro atoms. The topological polar surface area (TPSA) is 62.7 Å². The van der Waals surface area contributed by atoms with E-state index in [-0.39, 0.29) is 17.9 Å². The summed E-state index contributed by atoms with van der Waals surface area (Å²) in [6.45, 7) is 2.62. The standard InChI is InChI=1S/C16H23N3O3S/c1-22-8-7-19-14-5-6-18(16(21)13-10-23-11-17-13)9-12(14)3-2-4-15(19)20/h10-12,14H,2-9H2,1H3/t12-,14+/m0/s1. The van der Waals surface area contributed by atoms with Gasteiger partial charge in [0, 0.05) is 44.6 Å². The molecule has 2 aliphatic rings. The van der Waals surface area contributed by atoms with Crippen LogP contribution in [0.4, 0.5) is 0 Å². The van der Waals surface area contributed by atoms with Gasteiger partial charge < -0.3 is 14.5 Å². The molecule has 3 heterocycles. The third-order valence-corrected chi connectivity index (χ3v) is 5.44. The van der Waals surface area contributed by atoms with Gasteiger partial charge in [-0.1, -0.05) is 0 Å². The molecule has 6 nitrogen and oxygen atoms in total. The predicted molar refractivity (Wildman–Crippen MR) is 87.4 cm³/mol. The fourth-order valence-corrected chi connectivity index (χ4v) is 4.23. The van der Waals surface area contributed by atoms with E-state index in [0.29, 0.717) is 37.7 Å². The minimum Gasteiger partial charge on any atom is -0.383 e. The lowest BCUT2D eigenvalue weighted by atomic mass is 9.88. The highest BCUT2D eigenvalue weighted by Crippen LogP contribution is 2.31. The number of piperidine rings is 1. The van der Waals surface area contributed by atoms with Gasteiger partial charge in [0.1, 0.15) is 5.69 Å². The smallest absolute Gasteiger partial charge is 0.273 e. The van der Waals surface area contributed by atoms with Gasteiger partial charge in [-0.05, 0) is 25.2 Å². The zero-order valence-corrected chi connectivity index (χ0v) is 14.3. The van der Waals surface area contributed by atoms with Gasteiger partial charge in [0.2, 0.25) is 5.91 Å². The summed E-state index contributed by atoms with van der Waals surface area (Å²) in [5, 5.41) is 1.80. The van der Waals surface area contributed by atoms with Crippen molar-refractivity contribution >= 4 is 23.2 Å². The number of methoxy groups -OCH3 is 1. The van der Waals surface area contributed by atoms with Crippen molar-refractivity contribution in [3.8, 4) is 0 Å². The number of likely N-dealkylation sites (tertiary alicyclic amines) is 2. The normalized spacial score (nSPS) is 25.2. The third-order valence-electron chi connectivity index (χ3n) is 4.86. The fourth-order valence-electron chi connectivity index (χ4n) is 3.70. The number of fused-ring (bicyclic) bond motifs is 1. The first-order chi connectivity index (χ1) is 11.2. The maximum Gasteiger partial charge on any atom is 0.273 e. The molecule has 1 aromatic heterocycles. The van der Waals surface area contributed by atoms with Crippen LogP contribution in [0.25, 0.3) is 0 Å². The molecule has 0 bridgehead atoms. The second-order valence-corrected chi connectivity index (χ2v) is 6.93. The number of ether oxygens (including phenoxy) is 1. The van der Waals surface area contributed by atoms with Crippen molar-refractivity contribution in [3.05, 3.63) is 16.6 Å². The first-order valence-electron chi connectivity index (χ1n) is 8.16. The van der Waals surface area contributed by atoms with Gasteiger partial charge in [-0.2, -0.15) is 0 Å². The Morgan fingerprint density at radius 3 is 3.09 bits per heavy atom. The number of hydrogen-bond acceptors (Lipinski definition) is 5. The second-order valence-electron chi connectivity index (χ2n) is 6.21. The van der Waals surface area contributed by atoms with Crippen molar-refractivity contribution in [2.45, 2.75) is 31.7 Å². The molecule has 3 rings (SSSR count). The number of thiazole rings is 1. The molecule has 1 aromatic rings. The average molecular weight is 337 g/mol. The van der Waals surface area contributed by atoms with E-state index in [4.69, 9.17) is 4.74 Å². The Labute approximate surface area is 140 Å². The molecule has 2 saturated heterocycles. The minimum atomic E-state index is 0.0173. The number of aromatic nitrogens is 1. The van der Waals surface area contributed by atoms with Crippen LogP contribution in [0.2, 0.25) is 0 Å². The molecule has 0 saturated carbocycles. The van der Waals surface area contributed by atoms with Crippen molar-refractivity contribution in [3.63, 3.8) is 0 Å². The molecular formula is C16H23N3O3S. The van der Waals surface area contributed by atoms with E-state index in [1.165, 1.54) is 11.3 Å². The molecular weight excluding hydrogens is 314 g/mol. The van der Waals surface area contributed by atoms with E-state index in [9.17, 15) is 9.59 Å². The molecule has 2 aliphatic heterocycles. The molecule has 0 unspecified atom stereocenters. The number of nitrogens with zero attached hydrogens (tertiary/aromatic N) is 3. The van der Waals surface area contributed by atoms with Crippen LogP contribution in [0.15, 0.2) is 10.9 Å². The van der Waals surface area contributed by atoms with Gasteiger partial charge in [-0.15, -0.1) is 11.3 Å². The highest BCUT2D eigenvalue weighted by atomic mass is 32.1. The quantitative estimate of drug-likeness (QED) is 0.838. The third kappa shape index (κ3) is 3.55. The number of carbonyl (C=O) groups excluding carboxylic acids is 2. The van der Waals surface area contributed by atoms with Crippen LogP contribution in [0.3, 0.4) is 0 Å². The summed E-state index contributed by atoms with van der Waals surface area (Å²) in [6, 6.07) is 0.236.